The summed E-state index contributed by atoms with van der Waals surface area (Å²) in [6.45, 7) is 5.38. The number of carbonyl (C=O) groups excluding carboxylic acids is 1. The van der Waals surface area contributed by atoms with Crippen molar-refractivity contribution < 1.29 is 9.53 Å². The largest absolute Gasteiger partial charge is 0.497 e. The van der Waals surface area contributed by atoms with Crippen LogP contribution < -0.4 is 4.74 Å². The number of carbonyl (C=O) groups is 1. The molecule has 1 amide bonds. The number of ether oxygens (including phenoxy) is 1. The van der Waals surface area contributed by atoms with Gasteiger partial charge in [0.25, 0.3) is 0 Å². The van der Waals surface area contributed by atoms with Crippen molar-refractivity contribution in [2.24, 2.45) is 0 Å². The van der Waals surface area contributed by atoms with Crippen molar-refractivity contribution in [3.8, 4) is 5.75 Å². The number of para-hydroxylation sites is 2. The molecule has 1 atom stereocenters. The van der Waals surface area contributed by atoms with E-state index >= 15 is 0 Å². The van der Waals surface area contributed by atoms with Crippen LogP contribution in [0.3, 0.4) is 0 Å². The summed E-state index contributed by atoms with van der Waals surface area (Å²) in [5.74, 6) is 1.92. The van der Waals surface area contributed by atoms with Crippen LogP contribution in [0.15, 0.2) is 60.7 Å². The molecular weight excluding hydrogens is 398 g/mol. The highest BCUT2D eigenvalue weighted by Crippen LogP contribution is 2.30. The molecule has 1 aromatic heterocycles. The molecule has 0 bridgehead atoms. The van der Waals surface area contributed by atoms with E-state index < -0.39 is 0 Å². The highest BCUT2D eigenvalue weighted by atomic mass is 16.5. The van der Waals surface area contributed by atoms with Gasteiger partial charge in [-0.15, -0.1) is 0 Å². The lowest BCUT2D eigenvalue weighted by Gasteiger charge is -2.20. The lowest BCUT2D eigenvalue weighted by molar-refractivity contribution is -0.130. The van der Waals surface area contributed by atoms with Gasteiger partial charge >= 0.3 is 0 Å². The minimum absolute atomic E-state index is 0.0441. The molecule has 166 valence electrons. The zero-order chi connectivity index (χ0) is 22.7. The molecule has 5 heteroatoms. The summed E-state index contributed by atoms with van der Waals surface area (Å²) in [5, 5.41) is 2.30. The Kier molecular flexibility index (Phi) is 6.45. The molecule has 0 saturated heterocycles. The van der Waals surface area contributed by atoms with Crippen LogP contribution in [0, 0.1) is 0 Å². The van der Waals surface area contributed by atoms with Gasteiger partial charge in [-0.1, -0.05) is 56.7 Å². The van der Waals surface area contributed by atoms with Gasteiger partial charge in [-0.05, 0) is 47.0 Å². The van der Waals surface area contributed by atoms with Crippen molar-refractivity contribution in [1.82, 2.24) is 14.5 Å². The third-order valence-electron chi connectivity index (χ3n) is 6.21. The molecule has 0 spiro atoms. The first kappa shape index (κ1) is 21.9. The molecule has 3 aromatic carbocycles. The van der Waals surface area contributed by atoms with Crippen LogP contribution in [0.5, 0.6) is 5.75 Å². The van der Waals surface area contributed by atoms with Gasteiger partial charge in [0.15, 0.2) is 0 Å². The minimum Gasteiger partial charge on any atom is -0.497 e. The highest BCUT2D eigenvalue weighted by Gasteiger charge is 2.21. The molecule has 0 aliphatic heterocycles. The lowest BCUT2D eigenvalue weighted by Crippen LogP contribution is -2.31. The average molecular weight is 430 g/mol. The van der Waals surface area contributed by atoms with E-state index in [0.717, 1.165) is 52.8 Å². The van der Waals surface area contributed by atoms with E-state index in [0.29, 0.717) is 6.54 Å². The number of unbranched alkanes of at least 4 members (excludes halogenated alkanes) is 1. The molecule has 32 heavy (non-hydrogen) atoms. The first-order chi connectivity index (χ1) is 15.5. The Morgan fingerprint density at radius 1 is 1.09 bits per heavy atom. The summed E-state index contributed by atoms with van der Waals surface area (Å²) < 4.78 is 7.44. The highest BCUT2D eigenvalue weighted by molar-refractivity contribution is 5.85. The first-order valence-corrected chi connectivity index (χ1v) is 11.3. The minimum atomic E-state index is 0.0441. The third kappa shape index (κ3) is 4.33. The number of benzene rings is 3. The third-order valence-corrected chi connectivity index (χ3v) is 6.21. The Labute approximate surface area is 189 Å². The Bertz CT molecular complexity index is 1240. The number of rotatable bonds is 8. The Morgan fingerprint density at radius 2 is 1.84 bits per heavy atom. The summed E-state index contributed by atoms with van der Waals surface area (Å²) >= 11 is 0. The number of amides is 1. The average Bonchev–Trinajstić information content (AvgIpc) is 3.19. The SMILES string of the molecule is CCCCN(C)C(=O)Cn1c(C(C)c2ccc3cc(OC)ccc3c2)nc2ccccc21. The quantitative estimate of drug-likeness (QED) is 0.366. The van der Waals surface area contributed by atoms with E-state index in [1.165, 1.54) is 5.56 Å². The second-order valence-corrected chi connectivity index (χ2v) is 8.41. The fraction of sp³-hybridized carbons (Fsp3) is 0.333. The summed E-state index contributed by atoms with van der Waals surface area (Å²) in [6, 6.07) is 20.6. The number of nitrogens with zero attached hydrogens (tertiary/aromatic N) is 3. The summed E-state index contributed by atoms with van der Waals surface area (Å²) in [5.41, 5.74) is 3.09. The molecule has 0 saturated carbocycles. The second kappa shape index (κ2) is 9.43. The monoisotopic (exact) mass is 429 g/mol. The predicted molar refractivity (Wildman–Crippen MR) is 130 cm³/mol. The van der Waals surface area contributed by atoms with Crippen LogP contribution in [0.25, 0.3) is 21.8 Å². The fourth-order valence-electron chi connectivity index (χ4n) is 4.15. The van der Waals surface area contributed by atoms with Gasteiger partial charge in [0.2, 0.25) is 5.91 Å². The maximum atomic E-state index is 13.0. The normalized spacial score (nSPS) is 12.2. The second-order valence-electron chi connectivity index (χ2n) is 8.41. The summed E-state index contributed by atoms with van der Waals surface area (Å²) in [4.78, 5) is 19.7. The van der Waals surface area contributed by atoms with E-state index in [9.17, 15) is 4.79 Å². The molecular formula is C27H31N3O2. The van der Waals surface area contributed by atoms with E-state index in [1.807, 2.05) is 48.3 Å². The van der Waals surface area contributed by atoms with Crippen molar-refractivity contribution >= 4 is 27.7 Å². The fourth-order valence-corrected chi connectivity index (χ4v) is 4.15. The van der Waals surface area contributed by atoms with E-state index in [1.54, 1.807) is 7.11 Å². The Balaban J connectivity index is 1.71. The molecule has 0 radical (unpaired) electrons. The lowest BCUT2D eigenvalue weighted by atomic mass is 9.97. The number of hydrogen-bond acceptors (Lipinski definition) is 3. The first-order valence-electron chi connectivity index (χ1n) is 11.3. The summed E-state index contributed by atoms with van der Waals surface area (Å²) in [7, 11) is 3.57. The van der Waals surface area contributed by atoms with Crippen LogP contribution >= 0.6 is 0 Å². The van der Waals surface area contributed by atoms with Crippen LogP contribution in [0.4, 0.5) is 0 Å². The summed E-state index contributed by atoms with van der Waals surface area (Å²) in [6.07, 6.45) is 2.08. The molecule has 0 aliphatic rings. The molecule has 1 heterocycles. The van der Waals surface area contributed by atoms with Crippen molar-refractivity contribution in [1.29, 1.82) is 0 Å². The maximum Gasteiger partial charge on any atom is 0.242 e. The molecule has 0 N–H and O–H groups in total. The zero-order valence-corrected chi connectivity index (χ0v) is 19.3. The van der Waals surface area contributed by atoms with Crippen molar-refractivity contribution in [3.63, 3.8) is 0 Å². The van der Waals surface area contributed by atoms with Gasteiger partial charge in [0.1, 0.15) is 18.1 Å². The number of hydrogen-bond donors (Lipinski definition) is 0. The number of methoxy groups -OCH3 is 1. The standard InChI is InChI=1S/C27H31N3O2/c1-5-6-15-29(3)26(31)18-30-25-10-8-7-9-24(25)28-27(30)19(2)20-11-12-22-17-23(32-4)14-13-21(22)16-20/h7-14,16-17,19H,5-6,15,18H2,1-4H3. The molecule has 0 fully saturated rings. The van der Waals surface area contributed by atoms with Crippen molar-refractivity contribution in [3.05, 3.63) is 72.1 Å². The van der Waals surface area contributed by atoms with Gasteiger partial charge in [-0.2, -0.15) is 0 Å². The van der Waals surface area contributed by atoms with Crippen LogP contribution in [0.1, 0.15) is 44.0 Å². The maximum absolute atomic E-state index is 13.0. The van der Waals surface area contributed by atoms with Crippen molar-refractivity contribution in [2.45, 2.75) is 39.2 Å². The van der Waals surface area contributed by atoms with Gasteiger partial charge in [-0.25, -0.2) is 4.98 Å². The Morgan fingerprint density at radius 3 is 2.62 bits per heavy atom. The number of aromatic nitrogens is 2. The molecule has 5 nitrogen and oxygen atoms in total. The molecule has 1 unspecified atom stereocenters. The predicted octanol–water partition coefficient (Wildman–Crippen LogP) is 5.61. The van der Waals surface area contributed by atoms with E-state index in [4.69, 9.17) is 9.72 Å². The molecule has 4 rings (SSSR count). The van der Waals surface area contributed by atoms with Crippen LogP contribution in [-0.4, -0.2) is 41.1 Å². The van der Waals surface area contributed by atoms with Crippen molar-refractivity contribution in [2.75, 3.05) is 20.7 Å². The van der Waals surface area contributed by atoms with E-state index in [2.05, 4.69) is 42.7 Å². The van der Waals surface area contributed by atoms with Gasteiger partial charge < -0.3 is 14.2 Å². The number of fused-ring (bicyclic) bond motifs is 2. The number of imidazole rings is 1. The smallest absolute Gasteiger partial charge is 0.242 e. The van der Waals surface area contributed by atoms with Gasteiger partial charge in [0, 0.05) is 19.5 Å². The zero-order valence-electron chi connectivity index (χ0n) is 19.3. The topological polar surface area (TPSA) is 47.4 Å². The van der Waals surface area contributed by atoms with Crippen LogP contribution in [0.2, 0.25) is 0 Å². The van der Waals surface area contributed by atoms with Gasteiger partial charge in [-0.3, -0.25) is 4.79 Å². The number of likely N-dealkylation sites (N-methyl/N-ethyl adjacent to an activating group) is 1. The van der Waals surface area contributed by atoms with Crippen LogP contribution in [-0.2, 0) is 11.3 Å². The molecule has 0 aliphatic carbocycles. The van der Waals surface area contributed by atoms with Gasteiger partial charge in [0.05, 0.1) is 18.1 Å². The Hall–Kier alpha value is -3.34. The molecule has 4 aromatic rings. The van der Waals surface area contributed by atoms with E-state index in [-0.39, 0.29) is 11.8 Å².